The molecule has 1 aromatic carbocycles. The van der Waals surface area contributed by atoms with Crippen molar-refractivity contribution >= 4 is 34.4 Å². The number of benzene rings is 1. The van der Waals surface area contributed by atoms with Crippen LogP contribution in [0.5, 0.6) is 0 Å². The lowest BCUT2D eigenvalue weighted by Gasteiger charge is -2.27. The highest BCUT2D eigenvalue weighted by atomic mass is 35.5. The van der Waals surface area contributed by atoms with Crippen LogP contribution in [0, 0.1) is 0 Å². The smallest absolute Gasteiger partial charge is 0.417 e. The van der Waals surface area contributed by atoms with Crippen LogP contribution in [0.3, 0.4) is 0 Å². The van der Waals surface area contributed by atoms with E-state index < -0.39 is 17.6 Å². The molecular weight excluding hydrogens is 499 g/mol. The van der Waals surface area contributed by atoms with E-state index in [1.54, 1.807) is 23.1 Å². The summed E-state index contributed by atoms with van der Waals surface area (Å²) >= 11 is 5.92. The maximum absolute atomic E-state index is 13.1. The number of fused-ring (bicyclic) bond motifs is 2. The molecular formula is C24H19ClF3N5O3. The van der Waals surface area contributed by atoms with E-state index in [4.69, 9.17) is 16.0 Å². The number of alkyl halides is 3. The number of rotatable bonds is 5. The van der Waals surface area contributed by atoms with Gasteiger partial charge in [-0.2, -0.15) is 18.3 Å². The van der Waals surface area contributed by atoms with Crippen LogP contribution in [0.4, 0.5) is 13.2 Å². The Labute approximate surface area is 207 Å². The van der Waals surface area contributed by atoms with Crippen molar-refractivity contribution in [2.45, 2.75) is 25.6 Å². The number of carbonyl (C=O) groups is 2. The van der Waals surface area contributed by atoms with Crippen molar-refractivity contribution in [3.8, 4) is 0 Å². The lowest BCUT2D eigenvalue weighted by molar-refractivity contribution is -0.137. The monoisotopic (exact) mass is 517 g/mol. The standard InChI is InChI=1S/C24H19ClF3N5O3/c25-17-10-14(24(26,27)28)11-30-18(17)4-7-29-22(34)20-15-5-8-33(12-19(15)31-32-20)23(35)16-3-1-2-13-6-9-36-21(13)16/h1-3,6,9-11H,4-5,7-8,12H2,(H,29,34)(H,31,32). The van der Waals surface area contributed by atoms with E-state index in [2.05, 4.69) is 20.5 Å². The van der Waals surface area contributed by atoms with Gasteiger partial charge in [-0.15, -0.1) is 0 Å². The predicted octanol–water partition coefficient (Wildman–Crippen LogP) is 4.39. The molecule has 186 valence electrons. The van der Waals surface area contributed by atoms with E-state index in [0.29, 0.717) is 36.0 Å². The van der Waals surface area contributed by atoms with Crippen LogP contribution < -0.4 is 5.32 Å². The summed E-state index contributed by atoms with van der Waals surface area (Å²) in [6.07, 6.45) is -1.70. The van der Waals surface area contributed by atoms with Gasteiger partial charge in [-0.25, -0.2) is 0 Å². The molecule has 0 saturated heterocycles. The summed E-state index contributed by atoms with van der Waals surface area (Å²) in [6, 6.07) is 7.99. The Morgan fingerprint density at radius 2 is 2.08 bits per heavy atom. The van der Waals surface area contributed by atoms with Gasteiger partial charge in [0.2, 0.25) is 0 Å². The van der Waals surface area contributed by atoms with Gasteiger partial charge in [-0.3, -0.25) is 19.7 Å². The molecule has 8 nitrogen and oxygen atoms in total. The Bertz CT molecular complexity index is 1460. The molecule has 36 heavy (non-hydrogen) atoms. The number of H-pyrrole nitrogens is 1. The number of aromatic amines is 1. The molecule has 12 heteroatoms. The van der Waals surface area contributed by atoms with Crippen LogP contribution in [0.1, 0.15) is 43.4 Å². The normalized spacial score (nSPS) is 13.6. The molecule has 0 saturated carbocycles. The number of halogens is 4. The number of nitrogens with zero attached hydrogens (tertiary/aromatic N) is 3. The Morgan fingerprint density at radius 3 is 2.86 bits per heavy atom. The number of aromatic nitrogens is 3. The molecule has 1 aliphatic heterocycles. The molecule has 0 fully saturated rings. The van der Waals surface area contributed by atoms with Crippen LogP contribution in [0.2, 0.25) is 5.02 Å². The van der Waals surface area contributed by atoms with E-state index >= 15 is 0 Å². The van der Waals surface area contributed by atoms with Crippen LogP contribution in [0.25, 0.3) is 11.0 Å². The molecule has 0 unspecified atom stereocenters. The summed E-state index contributed by atoms with van der Waals surface area (Å²) < 4.78 is 43.8. The molecule has 2 N–H and O–H groups in total. The zero-order valence-electron chi connectivity index (χ0n) is 18.7. The molecule has 5 rings (SSSR count). The number of para-hydroxylation sites is 1. The van der Waals surface area contributed by atoms with E-state index in [-0.39, 0.29) is 41.8 Å². The summed E-state index contributed by atoms with van der Waals surface area (Å²) in [5.74, 6) is -0.613. The molecule has 4 aromatic rings. The summed E-state index contributed by atoms with van der Waals surface area (Å²) in [4.78, 5) is 31.3. The third-order valence-corrected chi connectivity index (χ3v) is 6.36. The maximum Gasteiger partial charge on any atom is 0.417 e. The van der Waals surface area contributed by atoms with Crippen molar-refractivity contribution in [1.82, 2.24) is 25.4 Å². The second-order valence-electron chi connectivity index (χ2n) is 8.31. The first-order chi connectivity index (χ1) is 17.2. The van der Waals surface area contributed by atoms with Crippen molar-refractivity contribution in [1.29, 1.82) is 0 Å². The molecule has 0 atom stereocenters. The van der Waals surface area contributed by atoms with E-state index in [1.165, 1.54) is 6.26 Å². The van der Waals surface area contributed by atoms with Crippen molar-refractivity contribution < 1.29 is 27.2 Å². The van der Waals surface area contributed by atoms with Gasteiger partial charge < -0.3 is 14.6 Å². The van der Waals surface area contributed by atoms with Gasteiger partial charge in [0.15, 0.2) is 5.69 Å². The Balaban J connectivity index is 1.22. The molecule has 2 amide bonds. The largest absolute Gasteiger partial charge is 0.464 e. The molecule has 3 aromatic heterocycles. The average Bonchev–Trinajstić information content (AvgIpc) is 3.50. The quantitative estimate of drug-likeness (QED) is 0.408. The van der Waals surface area contributed by atoms with E-state index in [1.807, 2.05) is 6.07 Å². The molecule has 0 radical (unpaired) electrons. The molecule has 0 spiro atoms. The number of nitrogens with one attached hydrogen (secondary N) is 2. The topological polar surface area (TPSA) is 104 Å². The molecule has 0 bridgehead atoms. The van der Waals surface area contributed by atoms with Crippen LogP contribution in [-0.4, -0.2) is 45.0 Å². The minimum atomic E-state index is -4.53. The Hall–Kier alpha value is -3.86. The fourth-order valence-corrected chi connectivity index (χ4v) is 4.46. The van der Waals surface area contributed by atoms with Gasteiger partial charge in [0.1, 0.15) is 5.58 Å². The van der Waals surface area contributed by atoms with Crippen LogP contribution >= 0.6 is 11.6 Å². The van der Waals surface area contributed by atoms with Gasteiger partial charge in [-0.1, -0.05) is 23.7 Å². The van der Waals surface area contributed by atoms with Crippen molar-refractivity contribution in [2.24, 2.45) is 0 Å². The molecule has 0 aliphatic carbocycles. The lowest BCUT2D eigenvalue weighted by Crippen LogP contribution is -2.36. The van der Waals surface area contributed by atoms with Gasteiger partial charge in [-0.05, 0) is 24.6 Å². The Kier molecular flexibility index (Phi) is 6.17. The Morgan fingerprint density at radius 1 is 1.25 bits per heavy atom. The van der Waals surface area contributed by atoms with Crippen molar-refractivity contribution in [3.63, 3.8) is 0 Å². The molecule has 1 aliphatic rings. The summed E-state index contributed by atoms with van der Waals surface area (Å²) in [5.41, 5.74) is 1.91. The number of hydrogen-bond donors (Lipinski definition) is 2. The van der Waals surface area contributed by atoms with Gasteiger partial charge in [0.25, 0.3) is 11.8 Å². The molecule has 4 heterocycles. The predicted molar refractivity (Wildman–Crippen MR) is 124 cm³/mol. The minimum absolute atomic E-state index is 0.107. The first-order valence-electron chi connectivity index (χ1n) is 11.0. The first kappa shape index (κ1) is 23.9. The highest BCUT2D eigenvalue weighted by molar-refractivity contribution is 6.31. The van der Waals surface area contributed by atoms with Gasteiger partial charge in [0.05, 0.1) is 40.3 Å². The van der Waals surface area contributed by atoms with Crippen molar-refractivity contribution in [3.05, 3.63) is 81.6 Å². The fraction of sp³-hybridized carbons (Fsp3) is 0.250. The SMILES string of the molecule is O=C(NCCc1ncc(C(F)(F)F)cc1Cl)c1n[nH]c2c1CCN(C(=O)c1cccc3ccoc13)C2. The van der Waals surface area contributed by atoms with Crippen LogP contribution in [0.15, 0.2) is 47.2 Å². The fourth-order valence-electron chi connectivity index (χ4n) is 4.19. The second-order valence-corrected chi connectivity index (χ2v) is 8.71. The third-order valence-electron chi connectivity index (χ3n) is 6.04. The minimum Gasteiger partial charge on any atom is -0.464 e. The average molecular weight is 518 g/mol. The number of pyridine rings is 1. The number of hydrogen-bond acceptors (Lipinski definition) is 5. The second kappa shape index (κ2) is 9.30. The van der Waals surface area contributed by atoms with Crippen molar-refractivity contribution in [2.75, 3.05) is 13.1 Å². The highest BCUT2D eigenvalue weighted by Crippen LogP contribution is 2.31. The van der Waals surface area contributed by atoms with E-state index in [0.717, 1.165) is 17.0 Å². The maximum atomic E-state index is 13.1. The summed E-state index contributed by atoms with van der Waals surface area (Å²) in [5, 5.41) is 10.4. The zero-order valence-corrected chi connectivity index (χ0v) is 19.4. The van der Waals surface area contributed by atoms with Gasteiger partial charge >= 0.3 is 6.18 Å². The van der Waals surface area contributed by atoms with Gasteiger partial charge in [0, 0.05) is 36.7 Å². The number of carbonyl (C=O) groups excluding carboxylic acids is 2. The summed E-state index contributed by atoms with van der Waals surface area (Å²) in [6.45, 7) is 0.765. The van der Waals surface area contributed by atoms with E-state index in [9.17, 15) is 22.8 Å². The zero-order chi connectivity index (χ0) is 25.4. The highest BCUT2D eigenvalue weighted by Gasteiger charge is 2.32. The lowest BCUT2D eigenvalue weighted by atomic mass is 10.0. The first-order valence-corrected chi connectivity index (χ1v) is 11.4. The summed E-state index contributed by atoms with van der Waals surface area (Å²) in [7, 11) is 0. The third kappa shape index (κ3) is 4.53. The number of furan rings is 1. The number of amides is 2. The van der Waals surface area contributed by atoms with Crippen LogP contribution in [-0.2, 0) is 25.6 Å².